The first kappa shape index (κ1) is 54.8. The Labute approximate surface area is 430 Å². The number of pyridine rings is 2. The average molecular weight is 1030 g/mol. The molecule has 2 amide bonds. The van der Waals surface area contributed by atoms with Crippen molar-refractivity contribution in [2.45, 2.75) is 72.8 Å². The van der Waals surface area contributed by atoms with Crippen LogP contribution in [0.25, 0.3) is 11.0 Å². The van der Waals surface area contributed by atoms with Crippen molar-refractivity contribution >= 4 is 68.2 Å². The number of carbonyl (C=O) groups is 3. The first-order valence-corrected chi connectivity index (χ1v) is 26.0. The van der Waals surface area contributed by atoms with Gasteiger partial charge in [-0.1, -0.05) is 18.9 Å². The Morgan fingerprint density at radius 3 is 1.96 bits per heavy atom. The molecule has 20 nitrogen and oxygen atoms in total. The van der Waals surface area contributed by atoms with E-state index in [9.17, 15) is 19.2 Å². The summed E-state index contributed by atoms with van der Waals surface area (Å²) < 4.78 is 35.3. The van der Waals surface area contributed by atoms with Gasteiger partial charge in [0.25, 0.3) is 11.5 Å². The number of nitrogens with one attached hydrogen (secondary N) is 3. The lowest BCUT2D eigenvalue weighted by atomic mass is 10.0. The maximum atomic E-state index is 13.6. The van der Waals surface area contributed by atoms with Gasteiger partial charge in [0.2, 0.25) is 11.9 Å². The molecule has 1 aliphatic heterocycles. The van der Waals surface area contributed by atoms with Crippen LogP contribution in [0, 0.1) is 27.7 Å². The zero-order valence-corrected chi connectivity index (χ0v) is 43.6. The van der Waals surface area contributed by atoms with E-state index in [1.807, 2.05) is 56.0 Å². The first-order chi connectivity index (χ1) is 35.5. The summed E-state index contributed by atoms with van der Waals surface area (Å²) in [6.07, 6.45) is 7.57. The number of Topliss-reactive ketones (excluding diaryl/α,β-unsaturated/α-hetero) is 1. The monoisotopic (exact) mass is 1030 g/mol. The normalized spacial score (nSPS) is 14.0. The quantitative estimate of drug-likeness (QED) is 0.0346. The van der Waals surface area contributed by atoms with Gasteiger partial charge in [-0.2, -0.15) is 4.98 Å². The number of hydrogen-bond donors (Lipinski definition) is 3. The van der Waals surface area contributed by atoms with E-state index in [2.05, 4.69) is 35.8 Å². The molecule has 5 heterocycles. The summed E-state index contributed by atoms with van der Waals surface area (Å²) in [6, 6.07) is 9.54. The summed E-state index contributed by atoms with van der Waals surface area (Å²) in [5.41, 5.74) is 5.23. The number of benzene rings is 1. The highest BCUT2D eigenvalue weighted by atomic mass is 32.1. The smallest absolute Gasteiger partial charge is 0.263 e. The maximum Gasteiger partial charge on any atom is 0.263 e. The van der Waals surface area contributed by atoms with Gasteiger partial charge in [-0.05, 0) is 82.9 Å². The highest BCUT2D eigenvalue weighted by Crippen LogP contribution is 2.32. The summed E-state index contributed by atoms with van der Waals surface area (Å²) in [6.45, 7) is 17.4. The van der Waals surface area contributed by atoms with Crippen LogP contribution in [0.1, 0.15) is 87.5 Å². The van der Waals surface area contributed by atoms with Crippen LogP contribution in [-0.4, -0.2) is 159 Å². The summed E-state index contributed by atoms with van der Waals surface area (Å²) in [4.78, 5) is 75.2. The van der Waals surface area contributed by atoms with Gasteiger partial charge in [-0.3, -0.25) is 29.1 Å². The summed E-state index contributed by atoms with van der Waals surface area (Å²) in [7, 11) is 0. The second kappa shape index (κ2) is 27.9. The number of amides is 2. The third kappa shape index (κ3) is 15.8. The fourth-order valence-corrected chi connectivity index (χ4v) is 9.55. The van der Waals surface area contributed by atoms with Crippen LogP contribution < -0.4 is 26.4 Å². The molecule has 4 aromatic heterocycles. The lowest BCUT2D eigenvalue weighted by Crippen LogP contribution is -2.49. The molecule has 21 heteroatoms. The zero-order valence-electron chi connectivity index (χ0n) is 42.8. The van der Waals surface area contributed by atoms with E-state index in [4.69, 9.17) is 33.4 Å². The van der Waals surface area contributed by atoms with Crippen LogP contribution in [0.4, 0.5) is 28.3 Å². The van der Waals surface area contributed by atoms with Crippen molar-refractivity contribution in [3.8, 4) is 0 Å². The number of hydrogen-bond acceptors (Lipinski definition) is 18. The molecule has 7 rings (SSSR count). The standard InChI is InChI=1S/C52H70N10O10S/c1-35-10-11-40(32-43(35)49(65)59-52-56-37(3)39(5)73-52)53-15-21-68-23-25-70-27-29-72-31-30-71-28-26-69-24-22-67-20-14-46(64)61-18-16-60(17-19-61)42-12-13-45(54-33-42)57-51-55-34-44-36(2)47(38(4)63)50(66)62(48(44)58-51)41-8-6-7-9-41/h10-13,32-34,41,53H,6-9,14-31H2,1-5H3,(H,56,59,65)(H,54,55,57,58). The van der Waals surface area contributed by atoms with Crippen LogP contribution in [0.15, 0.2) is 47.5 Å². The first-order valence-electron chi connectivity index (χ1n) is 25.2. The highest BCUT2D eigenvalue weighted by molar-refractivity contribution is 7.15. The van der Waals surface area contributed by atoms with Crippen molar-refractivity contribution in [3.63, 3.8) is 0 Å². The van der Waals surface area contributed by atoms with Crippen molar-refractivity contribution in [1.82, 2.24) is 29.4 Å². The van der Waals surface area contributed by atoms with E-state index < -0.39 is 0 Å². The van der Waals surface area contributed by atoms with Crippen LogP contribution >= 0.6 is 11.3 Å². The molecule has 0 unspecified atom stereocenters. The minimum atomic E-state index is -0.287. The van der Waals surface area contributed by atoms with Crippen LogP contribution in [0.3, 0.4) is 0 Å². The Hall–Kier alpha value is -5.94. The number of piperazine rings is 1. The highest BCUT2D eigenvalue weighted by Gasteiger charge is 2.26. The van der Waals surface area contributed by atoms with E-state index in [0.717, 1.165) is 53.2 Å². The number of anilines is 5. The topological polar surface area (TPSA) is 223 Å². The van der Waals surface area contributed by atoms with Gasteiger partial charge in [0.15, 0.2) is 10.9 Å². The fraction of sp³-hybridized carbons (Fsp3) is 0.538. The molecule has 1 aliphatic carbocycles. The molecule has 2 fully saturated rings. The number of nitrogens with zero attached hydrogens (tertiary/aromatic N) is 7. The van der Waals surface area contributed by atoms with Gasteiger partial charge < -0.3 is 48.9 Å². The number of ketones is 1. The third-order valence-electron chi connectivity index (χ3n) is 12.9. The molecule has 394 valence electrons. The molecule has 0 atom stereocenters. The van der Waals surface area contributed by atoms with Gasteiger partial charge in [0, 0.05) is 66.5 Å². The van der Waals surface area contributed by atoms with E-state index >= 15 is 0 Å². The molecule has 5 aromatic rings. The minimum Gasteiger partial charge on any atom is -0.383 e. The fourth-order valence-electron chi connectivity index (χ4n) is 8.74. The average Bonchev–Trinajstić information content (AvgIpc) is 4.03. The second-order valence-electron chi connectivity index (χ2n) is 18.0. The van der Waals surface area contributed by atoms with Crippen molar-refractivity contribution in [2.75, 3.05) is 133 Å². The third-order valence-corrected chi connectivity index (χ3v) is 13.9. The Bertz CT molecular complexity index is 2650. The Morgan fingerprint density at radius 1 is 0.740 bits per heavy atom. The van der Waals surface area contributed by atoms with Crippen LogP contribution in [0.5, 0.6) is 0 Å². The van der Waals surface area contributed by atoms with Crippen molar-refractivity contribution in [2.24, 2.45) is 0 Å². The predicted molar refractivity (Wildman–Crippen MR) is 281 cm³/mol. The summed E-state index contributed by atoms with van der Waals surface area (Å²) in [5, 5.41) is 10.7. The van der Waals surface area contributed by atoms with Crippen molar-refractivity contribution in [3.05, 3.63) is 85.9 Å². The van der Waals surface area contributed by atoms with Gasteiger partial charge in [0.05, 0.1) is 109 Å². The molecular weight excluding hydrogens is 957 g/mol. The Balaban J connectivity index is 0.656. The van der Waals surface area contributed by atoms with Crippen molar-refractivity contribution in [1.29, 1.82) is 0 Å². The molecule has 3 N–H and O–H groups in total. The lowest BCUT2D eigenvalue weighted by molar-refractivity contribution is -0.132. The molecule has 0 radical (unpaired) electrons. The summed E-state index contributed by atoms with van der Waals surface area (Å²) in [5.74, 6) is 0.504. The number of aryl methyl sites for hydroxylation is 4. The molecule has 73 heavy (non-hydrogen) atoms. The summed E-state index contributed by atoms with van der Waals surface area (Å²) >= 11 is 1.47. The van der Waals surface area contributed by atoms with Gasteiger partial charge >= 0.3 is 0 Å². The van der Waals surface area contributed by atoms with E-state index in [0.29, 0.717) is 157 Å². The Morgan fingerprint density at radius 2 is 1.37 bits per heavy atom. The number of aromatic nitrogens is 5. The molecule has 0 spiro atoms. The molecule has 2 aliphatic rings. The molecular formula is C52H70N10O10S. The SMILES string of the molecule is CC(=O)c1c(C)c2cnc(Nc3ccc(N4CCN(C(=O)CCOCCOCCOCCOCCOCCOCCNc5ccc(C)c(C(=O)Nc6nc(C)c(C)s6)c5)CC4)cn3)nc2n(C2CCCC2)c1=O. The molecule has 1 aromatic carbocycles. The molecule has 1 saturated carbocycles. The Kier molecular flexibility index (Phi) is 21.0. The minimum absolute atomic E-state index is 0.00447. The lowest BCUT2D eigenvalue weighted by Gasteiger charge is -2.36. The maximum absolute atomic E-state index is 13.6. The molecule has 0 bridgehead atoms. The largest absolute Gasteiger partial charge is 0.383 e. The zero-order chi connectivity index (χ0) is 51.5. The number of ether oxygens (including phenoxy) is 6. The van der Waals surface area contributed by atoms with E-state index in [-0.39, 0.29) is 34.8 Å². The second-order valence-corrected chi connectivity index (χ2v) is 19.2. The molecule has 1 saturated heterocycles. The van der Waals surface area contributed by atoms with Gasteiger partial charge in [0.1, 0.15) is 11.5 Å². The number of thiazole rings is 1. The van der Waals surface area contributed by atoms with E-state index in [1.165, 1.54) is 18.3 Å². The number of rotatable bonds is 29. The number of carbonyl (C=O) groups excluding carboxylic acids is 3. The van der Waals surface area contributed by atoms with Crippen LogP contribution in [-0.2, 0) is 33.2 Å². The van der Waals surface area contributed by atoms with E-state index in [1.54, 1.807) is 23.9 Å². The predicted octanol–water partition coefficient (Wildman–Crippen LogP) is 6.44. The van der Waals surface area contributed by atoms with Gasteiger partial charge in [-0.15, -0.1) is 11.3 Å². The van der Waals surface area contributed by atoms with Crippen LogP contribution in [0.2, 0.25) is 0 Å². The van der Waals surface area contributed by atoms with Crippen molar-refractivity contribution < 1.29 is 42.8 Å². The van der Waals surface area contributed by atoms with Gasteiger partial charge in [-0.25, -0.2) is 15.0 Å². The number of fused-ring (bicyclic) bond motifs is 1.